The maximum atomic E-state index is 13.1. The highest BCUT2D eigenvalue weighted by Crippen LogP contribution is 2.33. The molecule has 0 aromatic heterocycles. The number of piperazine rings is 1. The van der Waals surface area contributed by atoms with E-state index in [1.165, 1.54) is 22.5 Å². The smallest absolute Gasteiger partial charge is 0.253 e. The highest BCUT2D eigenvalue weighted by molar-refractivity contribution is 7.89. The SMILES string of the molecule is CC(NC(=O)c1cc(S(=O)(=O)N2CCN(C)CC2)ccc1Cl)c1ccc2c(c1)OCCO2. The molecular formula is C22H26ClN3O5S. The summed E-state index contributed by atoms with van der Waals surface area (Å²) in [5.41, 5.74) is 0.950. The van der Waals surface area contributed by atoms with Gasteiger partial charge in [-0.2, -0.15) is 4.31 Å². The molecular weight excluding hydrogens is 454 g/mol. The molecule has 32 heavy (non-hydrogen) atoms. The predicted octanol–water partition coefficient (Wildman–Crippen LogP) is 2.54. The van der Waals surface area contributed by atoms with Crippen LogP contribution in [0.2, 0.25) is 5.02 Å². The third kappa shape index (κ3) is 4.71. The molecule has 10 heteroatoms. The van der Waals surface area contributed by atoms with Gasteiger partial charge in [0.25, 0.3) is 5.91 Å². The zero-order valence-corrected chi connectivity index (χ0v) is 19.6. The van der Waals surface area contributed by atoms with Crippen molar-refractivity contribution in [3.05, 3.63) is 52.5 Å². The van der Waals surface area contributed by atoms with Gasteiger partial charge in [-0.05, 0) is 49.9 Å². The highest BCUT2D eigenvalue weighted by atomic mass is 35.5. The molecule has 1 N–H and O–H groups in total. The number of carbonyl (C=O) groups is 1. The molecule has 1 amide bonds. The minimum Gasteiger partial charge on any atom is -0.486 e. The molecule has 1 unspecified atom stereocenters. The van der Waals surface area contributed by atoms with Crippen molar-refractivity contribution in [2.75, 3.05) is 46.4 Å². The number of benzene rings is 2. The lowest BCUT2D eigenvalue weighted by Crippen LogP contribution is -2.47. The van der Waals surface area contributed by atoms with Crippen LogP contribution in [-0.4, -0.2) is 70.0 Å². The minimum absolute atomic E-state index is 0.0589. The van der Waals surface area contributed by atoms with Crippen molar-refractivity contribution in [2.24, 2.45) is 0 Å². The zero-order valence-electron chi connectivity index (χ0n) is 18.0. The maximum Gasteiger partial charge on any atom is 0.253 e. The summed E-state index contributed by atoms with van der Waals surface area (Å²) in [5, 5.41) is 3.08. The predicted molar refractivity (Wildman–Crippen MR) is 121 cm³/mol. The van der Waals surface area contributed by atoms with E-state index in [9.17, 15) is 13.2 Å². The van der Waals surface area contributed by atoms with Crippen molar-refractivity contribution in [3.63, 3.8) is 0 Å². The summed E-state index contributed by atoms with van der Waals surface area (Å²) in [5.74, 6) is 0.851. The van der Waals surface area contributed by atoms with Gasteiger partial charge < -0.3 is 19.7 Å². The van der Waals surface area contributed by atoms with Crippen LogP contribution in [0.25, 0.3) is 0 Å². The average Bonchev–Trinajstić information content (AvgIpc) is 2.79. The molecule has 4 rings (SSSR count). The van der Waals surface area contributed by atoms with E-state index in [1.807, 2.05) is 32.2 Å². The monoisotopic (exact) mass is 479 g/mol. The Hall–Kier alpha value is -2.33. The van der Waals surface area contributed by atoms with Crippen LogP contribution >= 0.6 is 11.6 Å². The zero-order chi connectivity index (χ0) is 22.9. The van der Waals surface area contributed by atoms with Crippen LogP contribution in [0.3, 0.4) is 0 Å². The lowest BCUT2D eigenvalue weighted by atomic mass is 10.1. The van der Waals surface area contributed by atoms with Crippen molar-refractivity contribution in [3.8, 4) is 11.5 Å². The summed E-state index contributed by atoms with van der Waals surface area (Å²) in [7, 11) is -1.76. The molecule has 0 spiro atoms. The van der Waals surface area contributed by atoms with Crippen molar-refractivity contribution >= 4 is 27.5 Å². The Balaban J connectivity index is 1.52. The summed E-state index contributed by atoms with van der Waals surface area (Å²) in [4.78, 5) is 15.1. The number of halogens is 1. The van der Waals surface area contributed by atoms with Crippen LogP contribution in [0.4, 0.5) is 0 Å². The number of fused-ring (bicyclic) bond motifs is 1. The Kier molecular flexibility index (Phi) is 6.62. The fourth-order valence-corrected chi connectivity index (χ4v) is 5.36. The third-order valence-corrected chi connectivity index (χ3v) is 7.92. The lowest BCUT2D eigenvalue weighted by Gasteiger charge is -2.31. The average molecular weight is 480 g/mol. The summed E-state index contributed by atoms with van der Waals surface area (Å²) < 4.78 is 38.7. The molecule has 8 nitrogen and oxygen atoms in total. The second-order valence-electron chi connectivity index (χ2n) is 7.95. The van der Waals surface area contributed by atoms with Gasteiger partial charge in [-0.25, -0.2) is 8.42 Å². The molecule has 2 aromatic carbocycles. The molecule has 0 radical (unpaired) electrons. The van der Waals surface area contributed by atoms with Gasteiger partial charge >= 0.3 is 0 Å². The van der Waals surface area contributed by atoms with Crippen molar-refractivity contribution < 1.29 is 22.7 Å². The Morgan fingerprint density at radius 2 is 1.72 bits per heavy atom. The van der Waals surface area contributed by atoms with Gasteiger partial charge in [0.2, 0.25) is 10.0 Å². The maximum absolute atomic E-state index is 13.1. The molecule has 2 aliphatic rings. The molecule has 1 saturated heterocycles. The molecule has 172 valence electrons. The van der Waals surface area contributed by atoms with E-state index in [-0.39, 0.29) is 21.5 Å². The Bertz CT molecular complexity index is 1120. The number of hydrogen-bond donors (Lipinski definition) is 1. The van der Waals surface area contributed by atoms with E-state index in [0.717, 1.165) is 5.56 Å². The number of nitrogens with zero attached hydrogens (tertiary/aromatic N) is 2. The first-order valence-electron chi connectivity index (χ1n) is 10.4. The number of likely N-dealkylation sites (N-methyl/N-ethyl adjacent to an activating group) is 1. The summed E-state index contributed by atoms with van der Waals surface area (Å²) in [6.45, 7) is 4.95. The number of carbonyl (C=O) groups excluding carboxylic acids is 1. The Morgan fingerprint density at radius 1 is 1.03 bits per heavy atom. The topological polar surface area (TPSA) is 88.2 Å². The van der Waals surface area contributed by atoms with E-state index < -0.39 is 15.9 Å². The normalized spacial score (nSPS) is 18.2. The van der Waals surface area contributed by atoms with Gasteiger partial charge in [0.05, 0.1) is 21.5 Å². The fourth-order valence-electron chi connectivity index (χ4n) is 3.70. The van der Waals surface area contributed by atoms with Gasteiger partial charge in [-0.15, -0.1) is 0 Å². The van der Waals surface area contributed by atoms with Crippen LogP contribution in [0.5, 0.6) is 11.5 Å². The quantitative estimate of drug-likeness (QED) is 0.709. The largest absolute Gasteiger partial charge is 0.486 e. The number of ether oxygens (including phenoxy) is 2. The molecule has 1 fully saturated rings. The second-order valence-corrected chi connectivity index (χ2v) is 10.3. The minimum atomic E-state index is -3.71. The highest BCUT2D eigenvalue weighted by Gasteiger charge is 2.29. The van der Waals surface area contributed by atoms with Gasteiger partial charge in [0, 0.05) is 26.2 Å². The molecule has 2 aliphatic heterocycles. The lowest BCUT2D eigenvalue weighted by molar-refractivity contribution is 0.0939. The van der Waals surface area contributed by atoms with Crippen molar-refractivity contribution in [2.45, 2.75) is 17.9 Å². The van der Waals surface area contributed by atoms with Crippen molar-refractivity contribution in [1.29, 1.82) is 0 Å². The van der Waals surface area contributed by atoms with Gasteiger partial charge in [-0.3, -0.25) is 4.79 Å². The number of rotatable bonds is 5. The number of nitrogens with one attached hydrogen (secondary N) is 1. The van der Waals surface area contributed by atoms with E-state index >= 15 is 0 Å². The molecule has 0 aliphatic carbocycles. The third-order valence-electron chi connectivity index (χ3n) is 5.70. The summed E-state index contributed by atoms with van der Waals surface area (Å²) in [6.07, 6.45) is 0. The first-order chi connectivity index (χ1) is 15.3. The Morgan fingerprint density at radius 3 is 2.44 bits per heavy atom. The number of sulfonamides is 1. The summed E-state index contributed by atoms with van der Waals surface area (Å²) in [6, 6.07) is 9.38. The van der Waals surface area contributed by atoms with Gasteiger partial charge in [0.15, 0.2) is 11.5 Å². The van der Waals surface area contributed by atoms with E-state index in [4.69, 9.17) is 21.1 Å². The van der Waals surface area contributed by atoms with E-state index in [1.54, 1.807) is 0 Å². The summed E-state index contributed by atoms with van der Waals surface area (Å²) >= 11 is 6.26. The van der Waals surface area contributed by atoms with Crippen LogP contribution in [0, 0.1) is 0 Å². The van der Waals surface area contributed by atoms with Crippen molar-refractivity contribution in [1.82, 2.24) is 14.5 Å². The fraction of sp³-hybridized carbons (Fsp3) is 0.409. The number of hydrogen-bond acceptors (Lipinski definition) is 6. The van der Waals surface area contributed by atoms with Gasteiger partial charge in [0.1, 0.15) is 13.2 Å². The van der Waals surface area contributed by atoms with Crippen LogP contribution in [0.15, 0.2) is 41.3 Å². The standard InChI is InChI=1S/C22H26ClN3O5S/c1-15(16-3-6-20-21(13-16)31-12-11-30-20)24-22(27)18-14-17(4-5-19(18)23)32(28,29)26-9-7-25(2)8-10-26/h3-6,13-15H,7-12H2,1-2H3,(H,24,27). The first kappa shape index (κ1) is 22.8. The molecule has 0 bridgehead atoms. The van der Waals surface area contributed by atoms with Gasteiger partial charge in [-0.1, -0.05) is 17.7 Å². The van der Waals surface area contributed by atoms with Crippen LogP contribution in [-0.2, 0) is 10.0 Å². The van der Waals surface area contributed by atoms with E-state index in [2.05, 4.69) is 10.2 Å². The molecule has 1 atom stereocenters. The molecule has 2 heterocycles. The number of amides is 1. The Labute approximate surface area is 193 Å². The first-order valence-corrected chi connectivity index (χ1v) is 12.3. The van der Waals surface area contributed by atoms with Crippen LogP contribution in [0.1, 0.15) is 28.9 Å². The van der Waals surface area contributed by atoms with E-state index in [0.29, 0.717) is 50.9 Å². The van der Waals surface area contributed by atoms with Crippen LogP contribution < -0.4 is 14.8 Å². The molecule has 2 aromatic rings. The second kappa shape index (κ2) is 9.27. The molecule has 0 saturated carbocycles.